The average Bonchev–Trinajstić information content (AvgIpc) is 2.46. The van der Waals surface area contributed by atoms with Crippen molar-refractivity contribution in [3.63, 3.8) is 0 Å². The molecule has 2 heteroatoms. The van der Waals surface area contributed by atoms with Crippen molar-refractivity contribution >= 4 is 0 Å². The summed E-state index contributed by atoms with van der Waals surface area (Å²) in [6, 6.07) is 2.31. The maximum Gasteiger partial charge on any atom is 0.0251 e. The fourth-order valence-corrected chi connectivity index (χ4v) is 4.52. The Balaban J connectivity index is 2.00. The van der Waals surface area contributed by atoms with Crippen molar-refractivity contribution < 1.29 is 0 Å². The fraction of sp³-hybridized carbons (Fsp3) is 1.00. The van der Waals surface area contributed by atoms with Gasteiger partial charge in [0.2, 0.25) is 0 Å². The highest BCUT2D eigenvalue weighted by atomic mass is 15.2. The van der Waals surface area contributed by atoms with Gasteiger partial charge in [-0.15, -0.1) is 0 Å². The van der Waals surface area contributed by atoms with Crippen LogP contribution in [0.2, 0.25) is 0 Å². The molecular weight excluding hydrogens is 244 g/mol. The number of likely N-dealkylation sites (N-methyl/N-ethyl adjacent to an activating group) is 1. The van der Waals surface area contributed by atoms with E-state index < -0.39 is 0 Å². The van der Waals surface area contributed by atoms with Gasteiger partial charge in [0.1, 0.15) is 0 Å². The van der Waals surface area contributed by atoms with E-state index in [1.165, 1.54) is 57.9 Å². The molecule has 0 aliphatic heterocycles. The van der Waals surface area contributed by atoms with Gasteiger partial charge < -0.3 is 5.32 Å². The predicted molar refractivity (Wildman–Crippen MR) is 88.1 cm³/mol. The summed E-state index contributed by atoms with van der Waals surface area (Å²) < 4.78 is 0. The predicted octanol–water partition coefficient (Wildman–Crippen LogP) is 4.05. The lowest BCUT2D eigenvalue weighted by Crippen LogP contribution is -2.56. The summed E-state index contributed by atoms with van der Waals surface area (Å²) in [6.07, 6.45) is 11.2. The van der Waals surface area contributed by atoms with Crippen molar-refractivity contribution in [2.24, 2.45) is 11.8 Å². The third kappa shape index (κ3) is 3.98. The second kappa shape index (κ2) is 7.79. The van der Waals surface area contributed by atoms with Gasteiger partial charge in [0.25, 0.3) is 0 Å². The maximum atomic E-state index is 3.84. The molecule has 118 valence electrons. The smallest absolute Gasteiger partial charge is 0.0251 e. The van der Waals surface area contributed by atoms with Crippen LogP contribution in [0.1, 0.15) is 72.1 Å². The molecule has 2 nitrogen and oxygen atoms in total. The van der Waals surface area contributed by atoms with Crippen LogP contribution in [-0.4, -0.2) is 36.6 Å². The van der Waals surface area contributed by atoms with Crippen LogP contribution in [0.4, 0.5) is 0 Å². The molecule has 5 unspecified atom stereocenters. The Labute approximate surface area is 126 Å². The second-order valence-electron chi connectivity index (χ2n) is 7.54. The van der Waals surface area contributed by atoms with Gasteiger partial charge >= 0.3 is 0 Å². The van der Waals surface area contributed by atoms with E-state index >= 15 is 0 Å². The minimum Gasteiger partial charge on any atom is -0.312 e. The van der Waals surface area contributed by atoms with Crippen molar-refractivity contribution in [1.82, 2.24) is 10.2 Å². The Kier molecular flexibility index (Phi) is 6.35. The normalized spacial score (nSPS) is 39.1. The molecule has 2 rings (SSSR count). The lowest BCUT2D eigenvalue weighted by Gasteiger charge is -2.47. The number of hydrogen-bond acceptors (Lipinski definition) is 2. The molecule has 0 aromatic carbocycles. The lowest BCUT2D eigenvalue weighted by molar-refractivity contribution is 0.0467. The molecule has 2 saturated carbocycles. The summed E-state index contributed by atoms with van der Waals surface area (Å²) in [5.41, 5.74) is 0. The molecule has 2 aliphatic rings. The molecule has 2 fully saturated rings. The Morgan fingerprint density at radius 2 is 1.75 bits per heavy atom. The van der Waals surface area contributed by atoms with Crippen LogP contribution < -0.4 is 5.32 Å². The quantitative estimate of drug-likeness (QED) is 0.817. The van der Waals surface area contributed by atoms with Gasteiger partial charge in [0.05, 0.1) is 0 Å². The van der Waals surface area contributed by atoms with E-state index in [4.69, 9.17) is 0 Å². The fourth-order valence-electron chi connectivity index (χ4n) is 4.52. The zero-order chi connectivity index (χ0) is 14.5. The molecule has 0 aromatic rings. The lowest BCUT2D eigenvalue weighted by atomic mass is 9.79. The Hall–Kier alpha value is -0.0800. The summed E-state index contributed by atoms with van der Waals surface area (Å²) in [4.78, 5) is 2.77. The SMILES string of the molecule is CCCNC1CCC(C)CC1N(C)C1CCCCC1C. The minimum atomic E-state index is 0.727. The third-order valence-corrected chi connectivity index (χ3v) is 5.85. The van der Waals surface area contributed by atoms with Crippen molar-refractivity contribution in [2.45, 2.75) is 90.3 Å². The van der Waals surface area contributed by atoms with Crippen LogP contribution in [-0.2, 0) is 0 Å². The first kappa shape index (κ1) is 16.3. The summed E-state index contributed by atoms with van der Waals surface area (Å²) >= 11 is 0. The van der Waals surface area contributed by atoms with E-state index in [1.54, 1.807) is 0 Å². The molecule has 0 bridgehead atoms. The van der Waals surface area contributed by atoms with Gasteiger partial charge in [-0.3, -0.25) is 4.90 Å². The molecule has 2 aliphatic carbocycles. The third-order valence-electron chi connectivity index (χ3n) is 5.85. The van der Waals surface area contributed by atoms with Crippen molar-refractivity contribution in [3.8, 4) is 0 Å². The van der Waals surface area contributed by atoms with Crippen LogP contribution in [0.5, 0.6) is 0 Å². The monoisotopic (exact) mass is 280 g/mol. The van der Waals surface area contributed by atoms with Gasteiger partial charge in [0.15, 0.2) is 0 Å². The number of nitrogens with one attached hydrogen (secondary N) is 1. The zero-order valence-electron chi connectivity index (χ0n) is 14.2. The summed E-state index contributed by atoms with van der Waals surface area (Å²) in [6.45, 7) is 8.38. The van der Waals surface area contributed by atoms with Crippen molar-refractivity contribution in [1.29, 1.82) is 0 Å². The van der Waals surface area contributed by atoms with E-state index in [0.717, 1.165) is 30.0 Å². The van der Waals surface area contributed by atoms with Crippen molar-refractivity contribution in [2.75, 3.05) is 13.6 Å². The van der Waals surface area contributed by atoms with Gasteiger partial charge in [-0.1, -0.05) is 33.6 Å². The molecular formula is C18H36N2. The molecule has 1 N–H and O–H groups in total. The number of hydrogen-bond donors (Lipinski definition) is 1. The highest BCUT2D eigenvalue weighted by molar-refractivity contribution is 4.93. The second-order valence-corrected chi connectivity index (χ2v) is 7.54. The highest BCUT2D eigenvalue weighted by Gasteiger charge is 2.36. The van der Waals surface area contributed by atoms with E-state index in [-0.39, 0.29) is 0 Å². The van der Waals surface area contributed by atoms with E-state index in [2.05, 4.69) is 38.0 Å². The highest BCUT2D eigenvalue weighted by Crippen LogP contribution is 2.33. The summed E-state index contributed by atoms with van der Waals surface area (Å²) in [5, 5.41) is 3.84. The molecule has 0 spiro atoms. The van der Waals surface area contributed by atoms with Crippen LogP contribution in [0.3, 0.4) is 0 Å². The number of nitrogens with zero attached hydrogens (tertiary/aromatic N) is 1. The van der Waals surface area contributed by atoms with Crippen LogP contribution in [0.15, 0.2) is 0 Å². The number of rotatable bonds is 5. The first-order valence-electron chi connectivity index (χ1n) is 9.08. The summed E-state index contributed by atoms with van der Waals surface area (Å²) in [5.74, 6) is 1.79. The van der Waals surface area contributed by atoms with Crippen molar-refractivity contribution in [3.05, 3.63) is 0 Å². The molecule has 0 amide bonds. The molecule has 0 saturated heterocycles. The standard InChI is InChI=1S/C18H36N2/c1-5-12-19-16-11-10-14(2)13-18(16)20(4)17-9-7-6-8-15(17)3/h14-19H,5-13H2,1-4H3. The molecule has 20 heavy (non-hydrogen) atoms. The maximum absolute atomic E-state index is 3.84. The van der Waals surface area contributed by atoms with E-state index in [1.807, 2.05) is 0 Å². The van der Waals surface area contributed by atoms with Crippen LogP contribution >= 0.6 is 0 Å². The first-order chi connectivity index (χ1) is 9.63. The van der Waals surface area contributed by atoms with Crippen LogP contribution in [0, 0.1) is 11.8 Å². The molecule has 0 heterocycles. The van der Waals surface area contributed by atoms with Gasteiger partial charge in [0, 0.05) is 18.1 Å². The van der Waals surface area contributed by atoms with Gasteiger partial charge in [-0.05, 0) is 64.0 Å². The molecule has 0 aromatic heterocycles. The summed E-state index contributed by atoms with van der Waals surface area (Å²) in [7, 11) is 2.41. The van der Waals surface area contributed by atoms with E-state index in [0.29, 0.717) is 0 Å². The van der Waals surface area contributed by atoms with Crippen LogP contribution in [0.25, 0.3) is 0 Å². The van der Waals surface area contributed by atoms with Gasteiger partial charge in [-0.25, -0.2) is 0 Å². The topological polar surface area (TPSA) is 15.3 Å². The zero-order valence-corrected chi connectivity index (χ0v) is 14.2. The Bertz CT molecular complexity index is 277. The molecule has 0 radical (unpaired) electrons. The average molecular weight is 280 g/mol. The minimum absolute atomic E-state index is 0.727. The first-order valence-corrected chi connectivity index (χ1v) is 9.08. The largest absolute Gasteiger partial charge is 0.312 e. The van der Waals surface area contributed by atoms with Gasteiger partial charge in [-0.2, -0.15) is 0 Å². The Morgan fingerprint density at radius 3 is 2.45 bits per heavy atom. The Morgan fingerprint density at radius 1 is 1.00 bits per heavy atom. The molecule has 5 atom stereocenters. The van der Waals surface area contributed by atoms with E-state index in [9.17, 15) is 0 Å².